The van der Waals surface area contributed by atoms with Crippen LogP contribution in [0, 0.1) is 0 Å². The van der Waals surface area contributed by atoms with Gasteiger partial charge in [-0.3, -0.25) is 4.39 Å². The van der Waals surface area contributed by atoms with Crippen LogP contribution in [0.1, 0.15) is 25.8 Å². The topological polar surface area (TPSA) is 18.5 Å². The Morgan fingerprint density at radius 1 is 1.12 bits per heavy atom. The van der Waals surface area contributed by atoms with E-state index in [0.717, 1.165) is 21.5 Å². The second kappa shape index (κ2) is 7.54. The summed E-state index contributed by atoms with van der Waals surface area (Å²) in [6.07, 6.45) is 1.19. The maximum absolute atomic E-state index is 12.2. The molecule has 0 unspecified atom stereocenters. The van der Waals surface area contributed by atoms with Gasteiger partial charge in [0, 0.05) is 6.07 Å². The molecular weight excluding hydrogens is 287 g/mol. The predicted molar refractivity (Wildman–Crippen MR) is 70.8 cm³/mol. The summed E-state index contributed by atoms with van der Waals surface area (Å²) in [5.74, 6) is 1.55. The first-order chi connectivity index (χ1) is 8.22. The van der Waals surface area contributed by atoms with E-state index in [-0.39, 0.29) is 6.67 Å². The van der Waals surface area contributed by atoms with Gasteiger partial charge >= 0.3 is 0 Å². The molecule has 0 saturated heterocycles. The fourth-order valence-corrected chi connectivity index (χ4v) is 2.09. The lowest BCUT2D eigenvalue weighted by molar-refractivity contribution is 0.319. The molecule has 0 radical (unpaired) electrons. The molecule has 1 rings (SSSR count). The van der Waals surface area contributed by atoms with Crippen molar-refractivity contribution in [3.8, 4) is 11.5 Å². The summed E-state index contributed by atoms with van der Waals surface area (Å²) in [4.78, 5) is 0. The molecule has 17 heavy (non-hydrogen) atoms. The summed E-state index contributed by atoms with van der Waals surface area (Å²) in [6, 6.07) is 3.82. The molecule has 0 atom stereocenters. The van der Waals surface area contributed by atoms with Gasteiger partial charge in [0.15, 0.2) is 0 Å². The molecule has 0 aliphatic heterocycles. The average Bonchev–Trinajstić information content (AvgIpc) is 2.32. The fraction of sp³-hybridized carbons (Fsp3) is 0.538. The van der Waals surface area contributed by atoms with Gasteiger partial charge in [-0.25, -0.2) is 0 Å². The second-order valence-electron chi connectivity index (χ2n) is 3.55. The third kappa shape index (κ3) is 4.19. The number of benzene rings is 1. The number of halogens is 2. The van der Waals surface area contributed by atoms with Gasteiger partial charge in [0.2, 0.25) is 0 Å². The zero-order valence-electron chi connectivity index (χ0n) is 10.3. The van der Waals surface area contributed by atoms with Crippen molar-refractivity contribution in [3.63, 3.8) is 0 Å². The summed E-state index contributed by atoms with van der Waals surface area (Å²) in [7, 11) is 0. The zero-order chi connectivity index (χ0) is 12.7. The number of aryl methyl sites for hydroxylation is 1. The molecule has 4 heteroatoms. The zero-order valence-corrected chi connectivity index (χ0v) is 11.8. The Morgan fingerprint density at radius 2 is 1.76 bits per heavy atom. The predicted octanol–water partition coefficient (Wildman–Crippen LogP) is 4.15. The maximum atomic E-state index is 12.2. The Balaban J connectivity index is 2.97. The van der Waals surface area contributed by atoms with Crippen LogP contribution in [0.25, 0.3) is 0 Å². The van der Waals surface area contributed by atoms with E-state index in [4.69, 9.17) is 9.47 Å². The highest BCUT2D eigenvalue weighted by Gasteiger charge is 2.10. The van der Waals surface area contributed by atoms with E-state index >= 15 is 0 Å². The molecule has 0 aliphatic carbocycles. The van der Waals surface area contributed by atoms with E-state index in [0.29, 0.717) is 26.1 Å². The van der Waals surface area contributed by atoms with E-state index in [2.05, 4.69) is 15.9 Å². The van der Waals surface area contributed by atoms with Crippen LogP contribution in [0.2, 0.25) is 0 Å². The van der Waals surface area contributed by atoms with Crippen molar-refractivity contribution in [2.75, 3.05) is 19.9 Å². The van der Waals surface area contributed by atoms with Crippen LogP contribution in [-0.2, 0) is 6.42 Å². The van der Waals surface area contributed by atoms with Crippen molar-refractivity contribution in [2.24, 2.45) is 0 Å². The molecule has 2 nitrogen and oxygen atoms in total. The van der Waals surface area contributed by atoms with Crippen LogP contribution >= 0.6 is 15.9 Å². The van der Waals surface area contributed by atoms with Crippen molar-refractivity contribution < 1.29 is 13.9 Å². The van der Waals surface area contributed by atoms with E-state index in [9.17, 15) is 4.39 Å². The van der Waals surface area contributed by atoms with E-state index in [1.165, 1.54) is 0 Å². The molecule has 0 aliphatic rings. The first kappa shape index (κ1) is 14.3. The number of rotatable bonds is 7. The highest BCUT2D eigenvalue weighted by Crippen LogP contribution is 2.33. The SMILES string of the molecule is CCOc1cc(OCC)c(CCCF)cc1Br. The Hall–Kier alpha value is -0.770. The van der Waals surface area contributed by atoms with Crippen molar-refractivity contribution in [1.82, 2.24) is 0 Å². The van der Waals surface area contributed by atoms with Crippen LogP contribution in [-0.4, -0.2) is 19.9 Å². The number of alkyl halides is 1. The normalized spacial score (nSPS) is 10.4. The minimum Gasteiger partial charge on any atom is -0.493 e. The third-order valence-electron chi connectivity index (χ3n) is 2.29. The molecular formula is C13H18BrFO2. The van der Waals surface area contributed by atoms with Crippen LogP contribution in [0.3, 0.4) is 0 Å². The molecule has 0 amide bonds. The summed E-state index contributed by atoms with van der Waals surface area (Å²) in [5.41, 5.74) is 1.01. The molecule has 0 heterocycles. The molecule has 1 aromatic carbocycles. The number of ether oxygens (including phenoxy) is 2. The lowest BCUT2D eigenvalue weighted by atomic mass is 10.1. The second-order valence-corrected chi connectivity index (χ2v) is 4.40. The van der Waals surface area contributed by atoms with Gasteiger partial charge in [-0.05, 0) is 54.2 Å². The summed E-state index contributed by atoms with van der Waals surface area (Å²) < 4.78 is 24.1. The molecule has 0 spiro atoms. The number of hydrogen-bond donors (Lipinski definition) is 0. The lowest BCUT2D eigenvalue weighted by Crippen LogP contribution is -2.00. The van der Waals surface area contributed by atoms with Gasteiger partial charge in [0.25, 0.3) is 0 Å². The van der Waals surface area contributed by atoms with Crippen molar-refractivity contribution in [3.05, 3.63) is 22.2 Å². The number of hydrogen-bond acceptors (Lipinski definition) is 2. The molecule has 0 bridgehead atoms. The van der Waals surface area contributed by atoms with E-state index < -0.39 is 0 Å². The standard InChI is InChI=1S/C13H18BrFO2/c1-3-16-12-9-13(17-4-2)11(14)8-10(12)6-5-7-15/h8-9H,3-7H2,1-2H3. The minimum atomic E-state index is -0.309. The van der Waals surface area contributed by atoms with E-state index in [1.54, 1.807) is 0 Å². The van der Waals surface area contributed by atoms with Gasteiger partial charge in [0.1, 0.15) is 11.5 Å². The van der Waals surface area contributed by atoms with Gasteiger partial charge < -0.3 is 9.47 Å². The summed E-state index contributed by atoms with van der Waals surface area (Å²) in [6.45, 7) is 4.76. The van der Waals surface area contributed by atoms with Crippen LogP contribution in [0.4, 0.5) is 4.39 Å². The van der Waals surface area contributed by atoms with Gasteiger partial charge in [0.05, 0.1) is 24.4 Å². The largest absolute Gasteiger partial charge is 0.493 e. The monoisotopic (exact) mass is 304 g/mol. The smallest absolute Gasteiger partial charge is 0.137 e. The molecule has 0 N–H and O–H groups in total. The lowest BCUT2D eigenvalue weighted by Gasteiger charge is -2.14. The maximum Gasteiger partial charge on any atom is 0.137 e. The van der Waals surface area contributed by atoms with Gasteiger partial charge in [-0.2, -0.15) is 0 Å². The Kier molecular flexibility index (Phi) is 6.34. The molecule has 0 saturated carbocycles. The molecule has 1 aromatic rings. The summed E-state index contributed by atoms with van der Waals surface area (Å²) >= 11 is 3.45. The van der Waals surface area contributed by atoms with Gasteiger partial charge in [-0.15, -0.1) is 0 Å². The first-order valence-electron chi connectivity index (χ1n) is 5.86. The third-order valence-corrected chi connectivity index (χ3v) is 2.91. The van der Waals surface area contributed by atoms with Crippen LogP contribution in [0.5, 0.6) is 11.5 Å². The summed E-state index contributed by atoms with van der Waals surface area (Å²) in [5, 5.41) is 0. The van der Waals surface area contributed by atoms with Crippen molar-refractivity contribution in [2.45, 2.75) is 26.7 Å². The van der Waals surface area contributed by atoms with Crippen LogP contribution < -0.4 is 9.47 Å². The Morgan fingerprint density at radius 3 is 2.35 bits per heavy atom. The highest BCUT2D eigenvalue weighted by atomic mass is 79.9. The van der Waals surface area contributed by atoms with Crippen molar-refractivity contribution in [1.29, 1.82) is 0 Å². The quantitative estimate of drug-likeness (QED) is 0.753. The highest BCUT2D eigenvalue weighted by molar-refractivity contribution is 9.10. The van der Waals surface area contributed by atoms with E-state index in [1.807, 2.05) is 26.0 Å². The van der Waals surface area contributed by atoms with Crippen molar-refractivity contribution >= 4 is 15.9 Å². The van der Waals surface area contributed by atoms with Gasteiger partial charge in [-0.1, -0.05) is 0 Å². The van der Waals surface area contributed by atoms with Crippen LogP contribution in [0.15, 0.2) is 16.6 Å². The molecule has 96 valence electrons. The average molecular weight is 305 g/mol. The Bertz CT molecular complexity index is 356. The molecule has 0 fully saturated rings. The fourth-order valence-electron chi connectivity index (χ4n) is 1.58. The Labute approximate surface area is 110 Å². The molecule has 0 aromatic heterocycles. The minimum absolute atomic E-state index is 0.309. The first-order valence-corrected chi connectivity index (χ1v) is 6.66.